The van der Waals surface area contributed by atoms with Crippen molar-refractivity contribution < 1.29 is 28.3 Å². The van der Waals surface area contributed by atoms with E-state index in [9.17, 15) is 14.4 Å². The molecule has 1 aromatic rings. The summed E-state index contributed by atoms with van der Waals surface area (Å²) in [6.45, 7) is 18.7. The first-order valence-corrected chi connectivity index (χ1v) is 21.9. The topological polar surface area (TPSA) is 110 Å². The molecule has 1 aliphatic rings. The summed E-state index contributed by atoms with van der Waals surface area (Å²) in [5.74, 6) is -0.694. The third kappa shape index (κ3) is 11.9. The molecule has 10 nitrogen and oxygen atoms in total. The number of piperidine rings is 1. The van der Waals surface area contributed by atoms with Crippen LogP contribution >= 0.6 is 11.3 Å². The Hall–Kier alpha value is -1.86. The lowest BCUT2D eigenvalue weighted by Gasteiger charge is -2.41. The zero-order valence-corrected chi connectivity index (χ0v) is 33.5. The van der Waals surface area contributed by atoms with Gasteiger partial charge in [-0.3, -0.25) is 14.5 Å². The molecular formula is C36H66N4O6SSi. The maximum atomic E-state index is 14.8. The van der Waals surface area contributed by atoms with Crippen LogP contribution in [0.3, 0.4) is 0 Å². The Morgan fingerprint density at radius 2 is 1.77 bits per heavy atom. The maximum absolute atomic E-state index is 14.8. The number of aromatic nitrogens is 1. The standard InChI is InChI=1S/C36H66N4O6SSi/c1-11-16-19-22-45-25-40(35(42)32(27(8)12-2)38-33(41)29-20-17-18-21-39(29)9)30(26(6)7)23-31(46-48(13-3,14-4)15-5)34-37-28(24-47-34)36(43)44-10/h24,26-27,29-32H,11-23,25H2,1-10H3,(H,38,41)/t27?,29?,30-,31-,32?/m1/s1. The number of hydrogen-bond donors (Lipinski definition) is 1. The largest absolute Gasteiger partial charge is 0.464 e. The van der Waals surface area contributed by atoms with Crippen LogP contribution in [-0.4, -0.2) is 93.1 Å². The van der Waals surface area contributed by atoms with Crippen LogP contribution in [0.25, 0.3) is 0 Å². The van der Waals surface area contributed by atoms with E-state index < -0.39 is 26.4 Å². The van der Waals surface area contributed by atoms with Gasteiger partial charge >= 0.3 is 5.97 Å². The van der Waals surface area contributed by atoms with E-state index in [0.29, 0.717) is 13.0 Å². The molecule has 0 radical (unpaired) electrons. The van der Waals surface area contributed by atoms with Crippen molar-refractivity contribution in [1.82, 2.24) is 20.1 Å². The molecule has 276 valence electrons. The number of carbonyl (C=O) groups is 3. The number of amides is 2. The molecular weight excluding hydrogens is 645 g/mol. The minimum Gasteiger partial charge on any atom is -0.464 e. The van der Waals surface area contributed by atoms with Crippen molar-refractivity contribution in [1.29, 1.82) is 0 Å². The number of rotatable bonds is 22. The number of methoxy groups -OCH3 is 1. The lowest BCUT2D eigenvalue weighted by molar-refractivity contribution is -0.149. The van der Waals surface area contributed by atoms with Gasteiger partial charge in [0.25, 0.3) is 0 Å². The van der Waals surface area contributed by atoms with Gasteiger partial charge in [0, 0.05) is 18.0 Å². The van der Waals surface area contributed by atoms with E-state index in [1.807, 2.05) is 18.9 Å². The van der Waals surface area contributed by atoms with E-state index in [4.69, 9.17) is 18.9 Å². The minimum absolute atomic E-state index is 0.0537. The molecule has 1 aromatic heterocycles. The number of esters is 1. The number of likely N-dealkylation sites (tertiary alicyclic amines) is 1. The van der Waals surface area contributed by atoms with Crippen molar-refractivity contribution in [2.75, 3.05) is 34.0 Å². The summed E-state index contributed by atoms with van der Waals surface area (Å²) in [7, 11) is 1.22. The first-order chi connectivity index (χ1) is 22.9. The zero-order valence-electron chi connectivity index (χ0n) is 31.6. The second-order valence-electron chi connectivity index (χ2n) is 13.9. The highest BCUT2D eigenvalue weighted by molar-refractivity contribution is 7.09. The first-order valence-electron chi connectivity index (χ1n) is 18.5. The molecule has 1 saturated heterocycles. The Labute approximate surface area is 296 Å². The van der Waals surface area contributed by atoms with Crippen LogP contribution in [0.2, 0.25) is 18.1 Å². The molecule has 2 rings (SSSR count). The fourth-order valence-corrected chi connectivity index (χ4v) is 10.3. The summed E-state index contributed by atoms with van der Waals surface area (Å²) in [5.41, 5.74) is 0.267. The van der Waals surface area contributed by atoms with E-state index in [1.165, 1.54) is 18.4 Å². The normalized spacial score (nSPS) is 18.3. The molecule has 48 heavy (non-hydrogen) atoms. The number of unbranched alkanes of at least 4 members (excludes halogenated alkanes) is 2. The van der Waals surface area contributed by atoms with Crippen LogP contribution in [0.1, 0.15) is 128 Å². The van der Waals surface area contributed by atoms with Gasteiger partial charge in [-0.05, 0) is 69.2 Å². The quantitative estimate of drug-likeness (QED) is 0.0574. The Kier molecular flexibility index (Phi) is 18.8. The van der Waals surface area contributed by atoms with Crippen molar-refractivity contribution in [2.24, 2.45) is 11.8 Å². The average Bonchev–Trinajstić information content (AvgIpc) is 3.59. The smallest absolute Gasteiger partial charge is 0.357 e. The van der Waals surface area contributed by atoms with Crippen molar-refractivity contribution in [2.45, 2.75) is 149 Å². The number of nitrogens with zero attached hydrogens (tertiary/aromatic N) is 3. The highest BCUT2D eigenvalue weighted by atomic mass is 32.1. The number of hydrogen-bond acceptors (Lipinski definition) is 9. The van der Waals surface area contributed by atoms with E-state index >= 15 is 0 Å². The molecule has 0 spiro atoms. The first kappa shape index (κ1) is 42.3. The number of carbonyl (C=O) groups excluding carboxylic acids is 3. The molecule has 2 heterocycles. The molecule has 1 N–H and O–H groups in total. The molecule has 1 aliphatic heterocycles. The van der Waals surface area contributed by atoms with E-state index in [0.717, 1.165) is 74.6 Å². The van der Waals surface area contributed by atoms with Gasteiger partial charge in [-0.2, -0.15) is 0 Å². The zero-order chi connectivity index (χ0) is 35.9. The van der Waals surface area contributed by atoms with Crippen molar-refractivity contribution in [3.05, 3.63) is 16.1 Å². The van der Waals surface area contributed by atoms with Crippen LogP contribution in [0.15, 0.2) is 5.38 Å². The highest BCUT2D eigenvalue weighted by Gasteiger charge is 2.40. The van der Waals surface area contributed by atoms with Crippen molar-refractivity contribution in [3.8, 4) is 0 Å². The summed E-state index contributed by atoms with van der Waals surface area (Å²) in [6, 6.07) is 1.69. The number of ether oxygens (including phenoxy) is 2. The van der Waals surface area contributed by atoms with Crippen LogP contribution in [0, 0.1) is 11.8 Å². The Bertz CT molecular complexity index is 1110. The van der Waals surface area contributed by atoms with Gasteiger partial charge in [-0.25, -0.2) is 9.78 Å². The SMILES string of the molecule is CCCCCOCN(C(=O)C(NC(=O)C1CCCCN1C)C(C)CC)[C@H](C[C@@H](O[Si](CC)(CC)CC)c1nc(C(=O)OC)cs1)C(C)C. The lowest BCUT2D eigenvalue weighted by Crippen LogP contribution is -2.59. The van der Waals surface area contributed by atoms with Gasteiger partial charge in [0.05, 0.1) is 19.3 Å². The second-order valence-corrected chi connectivity index (χ2v) is 19.5. The maximum Gasteiger partial charge on any atom is 0.357 e. The predicted octanol–water partition coefficient (Wildman–Crippen LogP) is 7.42. The minimum atomic E-state index is -2.13. The Balaban J connectivity index is 2.55. The molecule has 0 aliphatic carbocycles. The fraction of sp³-hybridized carbons (Fsp3) is 0.833. The van der Waals surface area contributed by atoms with E-state index in [1.54, 1.807) is 5.38 Å². The average molecular weight is 711 g/mol. The molecule has 12 heteroatoms. The van der Waals surface area contributed by atoms with Crippen LogP contribution in [0.5, 0.6) is 0 Å². The second kappa shape index (κ2) is 21.4. The van der Waals surface area contributed by atoms with Crippen LogP contribution in [-0.2, 0) is 23.5 Å². The molecule has 2 amide bonds. The lowest BCUT2D eigenvalue weighted by atomic mass is 9.92. The molecule has 0 aromatic carbocycles. The number of likely N-dealkylation sites (N-methyl/N-ethyl adjacent to an activating group) is 1. The van der Waals surface area contributed by atoms with Crippen LogP contribution in [0.4, 0.5) is 0 Å². The van der Waals surface area contributed by atoms with Gasteiger partial charge in [0.15, 0.2) is 14.0 Å². The Morgan fingerprint density at radius 1 is 1.08 bits per heavy atom. The van der Waals surface area contributed by atoms with Gasteiger partial charge in [-0.15, -0.1) is 11.3 Å². The Morgan fingerprint density at radius 3 is 2.33 bits per heavy atom. The number of nitrogens with one attached hydrogen (secondary N) is 1. The summed E-state index contributed by atoms with van der Waals surface area (Å²) < 4.78 is 18.3. The molecule has 0 saturated carbocycles. The summed E-state index contributed by atoms with van der Waals surface area (Å²) in [4.78, 5) is 49.6. The molecule has 1 fully saturated rings. The summed E-state index contributed by atoms with van der Waals surface area (Å²) in [5, 5.41) is 5.66. The van der Waals surface area contributed by atoms with E-state index in [2.05, 4.69) is 58.7 Å². The molecule has 3 unspecified atom stereocenters. The number of thiazole rings is 1. The third-order valence-electron chi connectivity index (χ3n) is 10.4. The van der Waals surface area contributed by atoms with Gasteiger partial charge in [-0.1, -0.05) is 81.1 Å². The van der Waals surface area contributed by atoms with Gasteiger partial charge in [0.1, 0.15) is 17.8 Å². The summed E-state index contributed by atoms with van der Waals surface area (Å²) in [6.07, 6.45) is 6.77. The van der Waals surface area contributed by atoms with Gasteiger partial charge in [0.2, 0.25) is 11.8 Å². The molecule has 5 atom stereocenters. The monoisotopic (exact) mass is 710 g/mol. The fourth-order valence-electron chi connectivity index (χ4n) is 6.57. The van der Waals surface area contributed by atoms with Crippen molar-refractivity contribution >= 4 is 37.4 Å². The van der Waals surface area contributed by atoms with Crippen molar-refractivity contribution in [3.63, 3.8) is 0 Å². The third-order valence-corrected chi connectivity index (χ3v) is 16.0. The molecule has 0 bridgehead atoms. The van der Waals surface area contributed by atoms with Gasteiger partial charge < -0.3 is 24.1 Å². The predicted molar refractivity (Wildman–Crippen MR) is 197 cm³/mol. The van der Waals surface area contributed by atoms with E-state index in [-0.39, 0.29) is 48.2 Å². The highest BCUT2D eigenvalue weighted by Crippen LogP contribution is 2.37. The summed E-state index contributed by atoms with van der Waals surface area (Å²) >= 11 is 1.40. The van der Waals surface area contributed by atoms with Crippen LogP contribution < -0.4 is 5.32 Å².